The van der Waals surface area contributed by atoms with Crippen LogP contribution in [-0.4, -0.2) is 40.4 Å². The molecule has 0 atom stereocenters. The van der Waals surface area contributed by atoms with Crippen LogP contribution in [-0.2, 0) is 26.5 Å². The van der Waals surface area contributed by atoms with Crippen molar-refractivity contribution in [2.45, 2.75) is 0 Å². The summed E-state index contributed by atoms with van der Waals surface area (Å²) in [6.45, 7) is 0. The summed E-state index contributed by atoms with van der Waals surface area (Å²) in [5.74, 6) is 0.904. The summed E-state index contributed by atoms with van der Waals surface area (Å²) >= 11 is 0. The first kappa shape index (κ1) is 54.2. The normalized spacial score (nSPS) is 10.0. The number of aryl methyl sites for hydroxylation is 1. The van der Waals surface area contributed by atoms with Crippen molar-refractivity contribution in [2.24, 2.45) is 7.05 Å². The summed E-state index contributed by atoms with van der Waals surface area (Å²) in [7, 11) is -12.8. The second kappa shape index (κ2) is 26.6. The van der Waals surface area contributed by atoms with E-state index in [1.54, 1.807) is 18.6 Å². The minimum Gasteiger partial charge on any atom is -0.412 e. The zero-order valence-electron chi connectivity index (χ0n) is 26.9. The van der Waals surface area contributed by atoms with Crippen molar-refractivity contribution in [3.05, 3.63) is 121 Å². The molecule has 0 fully saturated rings. The average Bonchev–Trinajstić information content (AvgIpc) is 3.41. The van der Waals surface area contributed by atoms with Crippen molar-refractivity contribution in [3.63, 3.8) is 0 Å². The predicted molar refractivity (Wildman–Crippen MR) is 147 cm³/mol. The maximum atomic E-state index is 8.49. The Hall–Kier alpha value is -4.18. The third kappa shape index (κ3) is 25.0. The van der Waals surface area contributed by atoms with Crippen LogP contribution in [0.25, 0.3) is 45.3 Å². The number of imidazole rings is 1. The fraction of sp³-hybridized carbons (Fsp3) is 0.0357. The number of pyridine rings is 4. The third-order valence-corrected chi connectivity index (χ3v) is 5.28. The number of hydrogen-bond donors (Lipinski definition) is 0. The fourth-order valence-electron chi connectivity index (χ4n) is 3.62. The first-order chi connectivity index (χ1) is 23.8. The molecule has 54 heavy (non-hydrogen) atoms. The fourth-order valence-corrected chi connectivity index (χ4v) is 3.62. The van der Waals surface area contributed by atoms with Gasteiger partial charge < -0.3 is 15.5 Å². The van der Waals surface area contributed by atoms with Crippen molar-refractivity contribution >= 4 is 11.0 Å². The molecule has 26 heteroatoms. The van der Waals surface area contributed by atoms with Crippen molar-refractivity contribution < 1.29 is 117 Å². The smallest absolute Gasteiger partial charge is 0.412 e. The molecule has 6 rings (SSSR count). The van der Waals surface area contributed by atoms with E-state index in [9.17, 15) is 0 Å². The molecule has 22 nitrogen and oxygen atoms in total. The number of nitroso groups, excluding NO2 is 1. The van der Waals surface area contributed by atoms with Crippen molar-refractivity contribution in [3.8, 4) is 34.3 Å². The Bertz CT molecular complexity index is 1760. The number of benzene rings is 1. The third-order valence-electron chi connectivity index (χ3n) is 5.28. The molecule has 2 radical (unpaired) electrons. The zero-order valence-corrected chi connectivity index (χ0v) is 30.9. The summed E-state index contributed by atoms with van der Waals surface area (Å²) < 4.78 is 104. The van der Waals surface area contributed by atoms with Crippen LogP contribution < -0.4 is 61.5 Å². The van der Waals surface area contributed by atoms with Crippen molar-refractivity contribution in [1.82, 2.24) is 35.1 Å². The molecule has 0 amide bonds. The molecule has 0 aliphatic heterocycles. The van der Waals surface area contributed by atoms with Crippen LogP contribution in [0.2, 0.25) is 0 Å². The van der Waals surface area contributed by atoms with Gasteiger partial charge in [0.1, 0.15) is 11.3 Å². The van der Waals surface area contributed by atoms with Gasteiger partial charge in [-0.05, 0) is 60.7 Å². The van der Waals surface area contributed by atoms with E-state index >= 15 is 0 Å². The second-order valence-electron chi connectivity index (χ2n) is 8.67. The van der Waals surface area contributed by atoms with Gasteiger partial charge >= 0.3 is 19.5 Å². The Labute approximate surface area is 323 Å². The van der Waals surface area contributed by atoms with Gasteiger partial charge in [-0.15, -0.1) is 35.6 Å². The van der Waals surface area contributed by atoms with Crippen LogP contribution in [0, 0.1) is 35.6 Å². The number of fused-ring (bicyclic) bond motifs is 1. The molecule has 0 saturated carbocycles. The molecule has 0 aliphatic carbocycles. The summed E-state index contributed by atoms with van der Waals surface area (Å²) in [6, 6.07) is 31.4. The molecule has 4 N–H and O–H groups in total. The van der Waals surface area contributed by atoms with Gasteiger partial charge in [-0.2, -0.15) is 0 Å². The van der Waals surface area contributed by atoms with Gasteiger partial charge in [-0.1, -0.05) is 36.4 Å². The number of aromatic nitrogens is 6. The van der Waals surface area contributed by atoms with E-state index in [0.717, 1.165) is 45.3 Å². The number of nitrogens with zero attached hydrogens (tertiary/aromatic N) is 7. The molecule has 0 bridgehead atoms. The maximum absolute atomic E-state index is 8.49. The van der Waals surface area contributed by atoms with Crippen LogP contribution in [0.5, 0.6) is 0 Å². The molecule has 0 spiro atoms. The monoisotopic (exact) mass is 907 g/mol. The molecule has 6 aromatic rings. The zero-order chi connectivity index (χ0) is 38.7. The SMILES string of the molecule is Cn1c(-c2ccccn2)nc2ccccc21.O.O.[N]=O.[O-][Cl+3]([O-])([O-])[O-].[O-][Cl+3]([O-])([O-])[O-].[O-][Cl+3]([O-])([O-])[O-].[Ru+3].c1ccc(-c2cccc(-c3ccccn3)n2)nc1. The van der Waals surface area contributed by atoms with Gasteiger partial charge in [0.15, 0.2) is 5.82 Å². The van der Waals surface area contributed by atoms with Gasteiger partial charge in [0.05, 0.1) is 33.8 Å². The van der Waals surface area contributed by atoms with Crippen LogP contribution in [0.3, 0.4) is 0 Å². The first-order valence-electron chi connectivity index (χ1n) is 13.0. The Morgan fingerprint density at radius 2 is 0.778 bits per heavy atom. The second-order valence-corrected chi connectivity index (χ2v) is 10.9. The van der Waals surface area contributed by atoms with E-state index < -0.39 is 30.7 Å². The van der Waals surface area contributed by atoms with E-state index in [-0.39, 0.29) is 30.4 Å². The maximum Gasteiger partial charge on any atom is 3.00 e. The Balaban J connectivity index is -0.000000660. The van der Waals surface area contributed by atoms with Crippen LogP contribution >= 0.6 is 0 Å². The van der Waals surface area contributed by atoms with E-state index in [2.05, 4.69) is 35.6 Å². The summed E-state index contributed by atoms with van der Waals surface area (Å²) in [4.78, 5) is 29.3. The van der Waals surface area contributed by atoms with Crippen LogP contribution in [0.1, 0.15) is 0 Å². The van der Waals surface area contributed by atoms with Gasteiger partial charge in [0.2, 0.25) is 0 Å². The van der Waals surface area contributed by atoms with E-state index in [4.69, 9.17) is 66.4 Å². The van der Waals surface area contributed by atoms with Gasteiger partial charge in [0, 0.05) is 25.6 Å². The van der Waals surface area contributed by atoms with Crippen LogP contribution in [0.4, 0.5) is 0 Å². The quantitative estimate of drug-likeness (QED) is 0.149. The molecular formula is C28H26Cl3N7O15Ru. The van der Waals surface area contributed by atoms with Gasteiger partial charge in [-0.3, -0.25) is 15.0 Å². The van der Waals surface area contributed by atoms with Crippen molar-refractivity contribution in [2.75, 3.05) is 0 Å². The Morgan fingerprint density at radius 1 is 0.463 bits per heavy atom. The predicted octanol–water partition coefficient (Wildman–Crippen LogP) is -10.5. The number of para-hydroxylation sites is 2. The molecule has 0 saturated heterocycles. The minimum atomic E-state index is -4.94. The summed E-state index contributed by atoms with van der Waals surface area (Å²) in [5, 5.41) is 0. The Kier molecular flexibility index (Phi) is 26.7. The summed E-state index contributed by atoms with van der Waals surface area (Å²) in [6.07, 6.45) is 5.32. The Morgan fingerprint density at radius 3 is 1.11 bits per heavy atom. The van der Waals surface area contributed by atoms with E-state index in [1.165, 1.54) is 0 Å². The molecule has 292 valence electrons. The van der Waals surface area contributed by atoms with E-state index in [1.807, 2.05) is 98.0 Å². The van der Waals surface area contributed by atoms with Crippen LogP contribution in [0.15, 0.2) is 116 Å². The topological polar surface area (TPSA) is 448 Å². The van der Waals surface area contributed by atoms with Crippen molar-refractivity contribution in [1.29, 1.82) is 0 Å². The standard InChI is InChI=1S/C15H11N3.C13H11N3.3ClHO4.NO.2H2O.Ru/c1-3-10-16-12(6-1)14-8-5-9-15(18-14)13-7-2-4-11-17-13;1-16-12-8-3-2-6-10(12)15-13(16)11-7-4-5-9-14-11;3*2-1(3,4)5;1-2;;;/h1-11H;2-9H,1H3;3*(H,2,3,4,5);;2*1H2;/q;;;;;;;;+3/p-3. The molecule has 1 aromatic carbocycles. The number of hydrogen-bond acceptors (Lipinski definition) is 18. The molecular weight excluding hydrogens is 882 g/mol. The molecule has 0 unspecified atom stereocenters. The molecule has 5 heterocycles. The average molecular weight is 908 g/mol. The molecule has 0 aliphatic rings. The molecule has 5 aromatic heterocycles. The number of rotatable bonds is 3. The summed E-state index contributed by atoms with van der Waals surface area (Å²) in [5.41, 5.74) is 12.2. The number of halogens is 3. The van der Waals surface area contributed by atoms with Gasteiger partial charge in [0.25, 0.3) is 0 Å². The first-order valence-corrected chi connectivity index (χ1v) is 16.7. The van der Waals surface area contributed by atoms with E-state index in [0.29, 0.717) is 0 Å². The minimum absolute atomic E-state index is 0. The largest absolute Gasteiger partial charge is 3.00 e. The van der Waals surface area contributed by atoms with Gasteiger partial charge in [-0.25, -0.2) is 65.9 Å².